The molecule has 0 aromatic carbocycles. The molecule has 0 aliphatic heterocycles. The second kappa shape index (κ2) is 12.4. The number of hydrogen-bond acceptors (Lipinski definition) is 5. The van der Waals surface area contributed by atoms with Crippen molar-refractivity contribution in [2.75, 3.05) is 47.2 Å². The van der Waals surface area contributed by atoms with E-state index < -0.39 is 5.54 Å². The summed E-state index contributed by atoms with van der Waals surface area (Å²) in [6, 6.07) is 2.35. The van der Waals surface area contributed by atoms with Crippen LogP contribution in [0.3, 0.4) is 0 Å². The van der Waals surface area contributed by atoms with Gasteiger partial charge in [-0.2, -0.15) is 5.26 Å². The van der Waals surface area contributed by atoms with E-state index in [2.05, 4.69) is 11.4 Å². The van der Waals surface area contributed by atoms with E-state index in [0.717, 1.165) is 25.7 Å². The maximum absolute atomic E-state index is 9.14. The zero-order valence-corrected chi connectivity index (χ0v) is 12.5. The van der Waals surface area contributed by atoms with Crippen LogP contribution in [0.4, 0.5) is 0 Å². The first kappa shape index (κ1) is 18.3. The number of nitrogens with one attached hydrogen (secondary N) is 1. The van der Waals surface area contributed by atoms with Crippen LogP contribution in [-0.2, 0) is 14.2 Å². The summed E-state index contributed by atoms with van der Waals surface area (Å²) in [5.41, 5.74) is -0.396. The number of ether oxygens (including phenoxy) is 3. The average Bonchev–Trinajstić information content (AvgIpc) is 2.46. The van der Waals surface area contributed by atoms with Crippen molar-refractivity contribution in [1.82, 2.24) is 5.32 Å². The largest absolute Gasteiger partial charge is 0.382 e. The number of nitriles is 1. The molecule has 0 bridgehead atoms. The third kappa shape index (κ3) is 8.95. The van der Waals surface area contributed by atoms with Crippen LogP contribution in [0.5, 0.6) is 0 Å². The molecular formula is C14H28N2O3. The van der Waals surface area contributed by atoms with Gasteiger partial charge in [0.25, 0.3) is 0 Å². The van der Waals surface area contributed by atoms with E-state index in [-0.39, 0.29) is 0 Å². The fourth-order valence-electron chi connectivity index (χ4n) is 1.75. The van der Waals surface area contributed by atoms with Gasteiger partial charge in [0, 0.05) is 26.9 Å². The zero-order chi connectivity index (χ0) is 14.4. The number of nitrogens with zero attached hydrogens (tertiary/aromatic N) is 1. The summed E-state index contributed by atoms with van der Waals surface area (Å²) in [5, 5.41) is 12.2. The van der Waals surface area contributed by atoms with Gasteiger partial charge in [0.15, 0.2) is 0 Å². The van der Waals surface area contributed by atoms with Crippen molar-refractivity contribution in [3.8, 4) is 6.07 Å². The third-order valence-corrected chi connectivity index (χ3v) is 3.20. The Balaban J connectivity index is 3.38. The standard InChI is InChI=1S/C14H28N2O3/c1-4-14(13-15,16-2)7-5-8-18-9-6-10-19-12-11-17-3/h16H,4-12H2,1-3H3. The maximum Gasteiger partial charge on any atom is 0.106 e. The highest BCUT2D eigenvalue weighted by molar-refractivity contribution is 5.05. The molecule has 0 saturated carbocycles. The molecule has 0 aliphatic rings. The van der Waals surface area contributed by atoms with E-state index in [9.17, 15) is 0 Å². The van der Waals surface area contributed by atoms with Crippen molar-refractivity contribution in [2.45, 2.75) is 38.1 Å². The Morgan fingerprint density at radius 2 is 1.68 bits per heavy atom. The monoisotopic (exact) mass is 272 g/mol. The molecule has 0 fully saturated rings. The van der Waals surface area contributed by atoms with Crippen molar-refractivity contribution >= 4 is 0 Å². The lowest BCUT2D eigenvalue weighted by Crippen LogP contribution is -2.40. The molecule has 112 valence electrons. The Bertz CT molecular complexity index is 237. The van der Waals surface area contributed by atoms with Gasteiger partial charge in [0.2, 0.25) is 0 Å². The summed E-state index contributed by atoms with van der Waals surface area (Å²) >= 11 is 0. The topological polar surface area (TPSA) is 63.5 Å². The molecule has 0 aromatic rings. The second-order valence-electron chi connectivity index (χ2n) is 4.47. The molecule has 0 spiro atoms. The summed E-state index contributed by atoms with van der Waals surface area (Å²) in [5.74, 6) is 0. The SMILES string of the molecule is CCC(C#N)(CCCOCCCOCCOC)NC. The fraction of sp³-hybridized carbons (Fsp3) is 0.929. The predicted octanol–water partition coefficient (Wildman–Crippen LogP) is 1.73. The Morgan fingerprint density at radius 3 is 2.21 bits per heavy atom. The van der Waals surface area contributed by atoms with Crippen molar-refractivity contribution < 1.29 is 14.2 Å². The van der Waals surface area contributed by atoms with Gasteiger partial charge in [0.1, 0.15) is 5.54 Å². The van der Waals surface area contributed by atoms with E-state index in [0.29, 0.717) is 33.0 Å². The zero-order valence-electron chi connectivity index (χ0n) is 12.5. The molecule has 0 saturated heterocycles. The van der Waals surface area contributed by atoms with Crippen molar-refractivity contribution in [3.05, 3.63) is 0 Å². The molecule has 1 unspecified atom stereocenters. The summed E-state index contributed by atoms with van der Waals surface area (Å²) in [4.78, 5) is 0. The van der Waals surface area contributed by atoms with E-state index in [1.807, 2.05) is 14.0 Å². The average molecular weight is 272 g/mol. The summed E-state index contributed by atoms with van der Waals surface area (Å²) in [6.07, 6.45) is 3.42. The highest BCUT2D eigenvalue weighted by Gasteiger charge is 2.24. The number of rotatable bonds is 13. The lowest BCUT2D eigenvalue weighted by Gasteiger charge is -2.24. The Hall–Kier alpha value is -0.670. The van der Waals surface area contributed by atoms with E-state index in [1.54, 1.807) is 7.11 Å². The van der Waals surface area contributed by atoms with Gasteiger partial charge >= 0.3 is 0 Å². The summed E-state index contributed by atoms with van der Waals surface area (Å²) in [6.45, 7) is 5.41. The van der Waals surface area contributed by atoms with Crippen molar-refractivity contribution in [2.24, 2.45) is 0 Å². The van der Waals surface area contributed by atoms with E-state index in [1.165, 1.54) is 0 Å². The number of methoxy groups -OCH3 is 1. The molecule has 0 radical (unpaired) electrons. The van der Waals surface area contributed by atoms with E-state index in [4.69, 9.17) is 19.5 Å². The van der Waals surface area contributed by atoms with Crippen LogP contribution in [0.25, 0.3) is 0 Å². The van der Waals surface area contributed by atoms with Gasteiger partial charge in [-0.15, -0.1) is 0 Å². The molecule has 0 rings (SSSR count). The molecule has 0 heterocycles. The Labute approximate surface area is 117 Å². The minimum atomic E-state index is -0.396. The van der Waals surface area contributed by atoms with Gasteiger partial charge in [0.05, 0.1) is 19.3 Å². The van der Waals surface area contributed by atoms with Crippen molar-refractivity contribution in [1.29, 1.82) is 5.26 Å². The predicted molar refractivity (Wildman–Crippen MR) is 75.1 cm³/mol. The van der Waals surface area contributed by atoms with Crippen LogP contribution < -0.4 is 5.32 Å². The summed E-state index contributed by atoms with van der Waals surface area (Å²) < 4.78 is 15.7. The van der Waals surface area contributed by atoms with Crippen molar-refractivity contribution in [3.63, 3.8) is 0 Å². The van der Waals surface area contributed by atoms with Crippen LogP contribution in [0.2, 0.25) is 0 Å². The number of hydrogen-bond donors (Lipinski definition) is 1. The lowest BCUT2D eigenvalue weighted by molar-refractivity contribution is 0.0503. The quantitative estimate of drug-likeness (QED) is 0.517. The first-order valence-corrected chi connectivity index (χ1v) is 6.99. The molecular weight excluding hydrogens is 244 g/mol. The van der Waals surface area contributed by atoms with Crippen LogP contribution in [0.15, 0.2) is 0 Å². The van der Waals surface area contributed by atoms with Gasteiger partial charge in [-0.1, -0.05) is 6.92 Å². The second-order valence-corrected chi connectivity index (χ2v) is 4.47. The normalized spacial score (nSPS) is 14.0. The Kier molecular flexibility index (Phi) is 11.9. The molecule has 0 aromatic heterocycles. The first-order valence-electron chi connectivity index (χ1n) is 6.99. The van der Waals surface area contributed by atoms with Crippen LogP contribution in [-0.4, -0.2) is 52.7 Å². The highest BCUT2D eigenvalue weighted by Crippen LogP contribution is 2.15. The molecule has 5 nitrogen and oxygen atoms in total. The van der Waals surface area contributed by atoms with Gasteiger partial charge in [-0.25, -0.2) is 0 Å². The lowest BCUT2D eigenvalue weighted by atomic mass is 9.92. The maximum atomic E-state index is 9.14. The smallest absolute Gasteiger partial charge is 0.106 e. The molecule has 1 atom stereocenters. The molecule has 0 aliphatic carbocycles. The fourth-order valence-corrected chi connectivity index (χ4v) is 1.75. The summed E-state index contributed by atoms with van der Waals surface area (Å²) in [7, 11) is 3.50. The Morgan fingerprint density at radius 1 is 1.05 bits per heavy atom. The molecule has 19 heavy (non-hydrogen) atoms. The van der Waals surface area contributed by atoms with Crippen LogP contribution in [0.1, 0.15) is 32.6 Å². The molecule has 5 heteroatoms. The van der Waals surface area contributed by atoms with Gasteiger partial charge in [-0.3, -0.25) is 0 Å². The van der Waals surface area contributed by atoms with Gasteiger partial charge < -0.3 is 19.5 Å². The molecule has 0 amide bonds. The van der Waals surface area contributed by atoms with Gasteiger partial charge in [-0.05, 0) is 32.7 Å². The van der Waals surface area contributed by atoms with Crippen LogP contribution >= 0.6 is 0 Å². The minimum absolute atomic E-state index is 0.396. The molecule has 1 N–H and O–H groups in total. The minimum Gasteiger partial charge on any atom is -0.382 e. The highest BCUT2D eigenvalue weighted by atomic mass is 16.5. The third-order valence-electron chi connectivity index (χ3n) is 3.20. The van der Waals surface area contributed by atoms with E-state index >= 15 is 0 Å². The van der Waals surface area contributed by atoms with Crippen LogP contribution in [0, 0.1) is 11.3 Å². The first-order chi connectivity index (χ1) is 9.24.